The fraction of sp³-hybridized carbons (Fsp3) is 0.395. The molecular formula is C38H43N7O6. The van der Waals surface area contributed by atoms with Crippen molar-refractivity contribution in [1.82, 2.24) is 19.8 Å². The number of fused-ring (bicyclic) bond motifs is 1. The molecule has 0 saturated carbocycles. The zero-order chi connectivity index (χ0) is 35.6. The number of nitrogens with one attached hydrogen (secondary N) is 1. The van der Waals surface area contributed by atoms with Crippen LogP contribution in [0.5, 0.6) is 11.8 Å². The Bertz CT molecular complexity index is 1850. The van der Waals surface area contributed by atoms with E-state index in [1.54, 1.807) is 31.3 Å². The minimum Gasteiger partial charge on any atom is -0.497 e. The van der Waals surface area contributed by atoms with Crippen molar-refractivity contribution in [3.8, 4) is 17.8 Å². The second-order valence-electron chi connectivity index (χ2n) is 12.6. The Morgan fingerprint density at radius 1 is 0.980 bits per heavy atom. The summed E-state index contributed by atoms with van der Waals surface area (Å²) in [4.78, 5) is 42.3. The summed E-state index contributed by atoms with van der Waals surface area (Å²) in [5, 5.41) is 14.5. The average Bonchev–Trinajstić information content (AvgIpc) is 3.62. The maximum absolute atomic E-state index is 13.9. The van der Waals surface area contributed by atoms with E-state index in [1.807, 2.05) is 65.6 Å². The standard InChI is InChI=1S/C38H43N7O6/c1-48-20-19-43-16-8-12-30(43)26-50-37-41-34(36(46)40-33-22-31(49-2)21-28-11-6-7-13-32(28)33)23-35(42-37)44-17-18-45(29(24-44)14-15-39)38(47)51-25-27-9-4-3-5-10-27/h3-7,9-11,13,21-23,29-30H,8,12,14,16-20,24-26H2,1-2H3,(H,40,46)/t29-,30-/m0/s1. The molecule has 13 heteroatoms. The number of rotatable bonds is 13. The van der Waals surface area contributed by atoms with E-state index in [2.05, 4.69) is 21.3 Å². The van der Waals surface area contributed by atoms with Crippen LogP contribution in [0.2, 0.25) is 0 Å². The predicted octanol–water partition coefficient (Wildman–Crippen LogP) is 5.12. The number of anilines is 2. The van der Waals surface area contributed by atoms with E-state index in [1.165, 1.54) is 0 Å². The zero-order valence-electron chi connectivity index (χ0n) is 29.0. The van der Waals surface area contributed by atoms with E-state index >= 15 is 0 Å². The van der Waals surface area contributed by atoms with Crippen LogP contribution in [0.3, 0.4) is 0 Å². The molecule has 51 heavy (non-hydrogen) atoms. The van der Waals surface area contributed by atoms with Gasteiger partial charge in [-0.3, -0.25) is 9.69 Å². The number of carbonyl (C=O) groups is 2. The van der Waals surface area contributed by atoms with Gasteiger partial charge in [-0.1, -0.05) is 54.6 Å². The summed E-state index contributed by atoms with van der Waals surface area (Å²) in [6, 6.07) is 24.5. The van der Waals surface area contributed by atoms with Crippen molar-refractivity contribution in [1.29, 1.82) is 5.26 Å². The lowest BCUT2D eigenvalue weighted by Gasteiger charge is -2.40. The molecule has 266 valence electrons. The Balaban J connectivity index is 1.24. The predicted molar refractivity (Wildman–Crippen MR) is 192 cm³/mol. The highest BCUT2D eigenvalue weighted by Gasteiger charge is 2.33. The minimum atomic E-state index is -0.481. The van der Waals surface area contributed by atoms with Crippen LogP contribution in [0.25, 0.3) is 10.8 Å². The highest BCUT2D eigenvalue weighted by atomic mass is 16.6. The molecule has 0 spiro atoms. The first-order valence-corrected chi connectivity index (χ1v) is 17.2. The Morgan fingerprint density at radius 2 is 1.80 bits per heavy atom. The number of likely N-dealkylation sites (tertiary alicyclic amines) is 1. The fourth-order valence-corrected chi connectivity index (χ4v) is 6.59. The molecule has 0 unspecified atom stereocenters. The summed E-state index contributed by atoms with van der Waals surface area (Å²) in [6.07, 6.45) is 1.64. The molecule has 2 fully saturated rings. The molecular weight excluding hydrogens is 650 g/mol. The zero-order valence-corrected chi connectivity index (χ0v) is 29.0. The van der Waals surface area contributed by atoms with Crippen molar-refractivity contribution >= 4 is 34.3 Å². The number of benzene rings is 3. The van der Waals surface area contributed by atoms with Gasteiger partial charge >= 0.3 is 12.1 Å². The van der Waals surface area contributed by atoms with Crippen LogP contribution in [0, 0.1) is 11.3 Å². The second-order valence-corrected chi connectivity index (χ2v) is 12.6. The summed E-state index contributed by atoms with van der Waals surface area (Å²) in [5.41, 5.74) is 1.57. The summed E-state index contributed by atoms with van der Waals surface area (Å²) in [6.45, 7) is 3.87. The number of amides is 2. The molecule has 2 aliphatic rings. The van der Waals surface area contributed by atoms with Crippen LogP contribution >= 0.6 is 0 Å². The highest BCUT2D eigenvalue weighted by Crippen LogP contribution is 2.30. The number of carbonyl (C=O) groups excluding carboxylic acids is 2. The van der Waals surface area contributed by atoms with Gasteiger partial charge in [-0.2, -0.15) is 15.2 Å². The third-order valence-electron chi connectivity index (χ3n) is 9.30. The van der Waals surface area contributed by atoms with Gasteiger partial charge in [0, 0.05) is 56.8 Å². The molecule has 2 saturated heterocycles. The number of ether oxygens (including phenoxy) is 4. The molecule has 2 aliphatic heterocycles. The van der Waals surface area contributed by atoms with E-state index in [4.69, 9.17) is 23.9 Å². The van der Waals surface area contributed by atoms with Crippen molar-refractivity contribution in [3.63, 3.8) is 0 Å². The quantitative estimate of drug-likeness (QED) is 0.199. The number of nitriles is 1. The second kappa shape index (κ2) is 17.0. The SMILES string of the molecule is COCCN1CCC[C@H]1COc1nc(C(=O)Nc2cc(OC)cc3ccccc23)cc(N2CCN(C(=O)OCc3ccccc3)[C@@H](CC#N)C2)n1. The van der Waals surface area contributed by atoms with Crippen molar-refractivity contribution < 1.29 is 28.5 Å². The van der Waals surface area contributed by atoms with E-state index < -0.39 is 18.0 Å². The summed E-state index contributed by atoms with van der Waals surface area (Å²) < 4.78 is 22.6. The topological polar surface area (TPSA) is 142 Å². The highest BCUT2D eigenvalue weighted by molar-refractivity contribution is 6.09. The molecule has 4 aromatic rings. The molecule has 13 nitrogen and oxygen atoms in total. The summed E-state index contributed by atoms with van der Waals surface area (Å²) in [7, 11) is 3.27. The van der Waals surface area contributed by atoms with E-state index in [0.29, 0.717) is 50.1 Å². The van der Waals surface area contributed by atoms with Crippen molar-refractivity contribution in [3.05, 3.63) is 84.1 Å². The molecule has 3 aromatic carbocycles. The summed E-state index contributed by atoms with van der Waals surface area (Å²) in [5.74, 6) is 0.624. The monoisotopic (exact) mass is 693 g/mol. The molecule has 2 atom stereocenters. The fourth-order valence-electron chi connectivity index (χ4n) is 6.59. The lowest BCUT2D eigenvalue weighted by Crippen LogP contribution is -2.55. The minimum absolute atomic E-state index is 0.0771. The van der Waals surface area contributed by atoms with Crippen LogP contribution in [-0.2, 0) is 16.1 Å². The van der Waals surface area contributed by atoms with E-state index in [0.717, 1.165) is 42.3 Å². The smallest absolute Gasteiger partial charge is 0.410 e. The van der Waals surface area contributed by atoms with Crippen LogP contribution in [-0.4, -0.2) is 104 Å². The molecule has 3 heterocycles. The van der Waals surface area contributed by atoms with Gasteiger partial charge < -0.3 is 34.1 Å². The van der Waals surface area contributed by atoms with Gasteiger partial charge in [-0.15, -0.1) is 0 Å². The van der Waals surface area contributed by atoms with Crippen LogP contribution in [0.1, 0.15) is 35.3 Å². The normalized spacial score (nSPS) is 17.6. The average molecular weight is 694 g/mol. The first-order chi connectivity index (χ1) is 24.9. The molecule has 0 aliphatic carbocycles. The van der Waals surface area contributed by atoms with Gasteiger partial charge in [0.25, 0.3) is 5.91 Å². The van der Waals surface area contributed by atoms with Gasteiger partial charge in [0.1, 0.15) is 30.5 Å². The van der Waals surface area contributed by atoms with Crippen molar-refractivity contribution in [2.75, 3.05) is 70.4 Å². The van der Waals surface area contributed by atoms with E-state index in [-0.39, 0.29) is 30.8 Å². The van der Waals surface area contributed by atoms with Gasteiger partial charge in [-0.25, -0.2) is 4.79 Å². The number of piperazine rings is 1. The lowest BCUT2D eigenvalue weighted by molar-refractivity contribution is 0.0767. The Kier molecular flexibility index (Phi) is 11.8. The molecule has 0 bridgehead atoms. The largest absolute Gasteiger partial charge is 0.497 e. The van der Waals surface area contributed by atoms with Crippen molar-refractivity contribution in [2.45, 2.75) is 38.0 Å². The number of hydrogen-bond donors (Lipinski definition) is 1. The van der Waals surface area contributed by atoms with Gasteiger partial charge in [0.05, 0.1) is 37.9 Å². The molecule has 2 amide bonds. The number of hydrogen-bond acceptors (Lipinski definition) is 11. The van der Waals surface area contributed by atoms with Gasteiger partial charge in [0.2, 0.25) is 0 Å². The summed E-state index contributed by atoms with van der Waals surface area (Å²) >= 11 is 0. The third kappa shape index (κ3) is 8.83. The maximum atomic E-state index is 13.9. The van der Waals surface area contributed by atoms with Crippen molar-refractivity contribution in [2.24, 2.45) is 0 Å². The first-order valence-electron chi connectivity index (χ1n) is 17.2. The molecule has 0 radical (unpaired) electrons. The molecule has 1 aromatic heterocycles. The maximum Gasteiger partial charge on any atom is 0.410 e. The number of aromatic nitrogens is 2. The van der Waals surface area contributed by atoms with Crippen LogP contribution in [0.4, 0.5) is 16.3 Å². The van der Waals surface area contributed by atoms with Crippen LogP contribution < -0.4 is 19.7 Å². The Labute approximate surface area is 297 Å². The molecule has 1 N–H and O–H groups in total. The number of nitrogens with zero attached hydrogens (tertiary/aromatic N) is 6. The molecule has 6 rings (SSSR count). The number of methoxy groups -OCH3 is 2. The first kappa shape index (κ1) is 35.4. The third-order valence-corrected chi connectivity index (χ3v) is 9.30. The van der Waals surface area contributed by atoms with E-state index in [9.17, 15) is 14.9 Å². The Hall–Kier alpha value is -5.45. The Morgan fingerprint density at radius 3 is 2.61 bits per heavy atom. The van der Waals surface area contributed by atoms with Gasteiger partial charge in [0.15, 0.2) is 0 Å². The van der Waals surface area contributed by atoms with Gasteiger partial charge in [-0.05, 0) is 36.4 Å². The lowest BCUT2D eigenvalue weighted by atomic mass is 10.1. The van der Waals surface area contributed by atoms with Crippen LogP contribution in [0.15, 0.2) is 72.8 Å².